The van der Waals surface area contributed by atoms with E-state index in [0.29, 0.717) is 14.8 Å². The van der Waals surface area contributed by atoms with E-state index in [2.05, 4.69) is 37.2 Å². The third kappa shape index (κ3) is 2.31. The number of hydrogen-bond donors (Lipinski definition) is 1. The topological polar surface area (TPSA) is 20.7 Å². The fraction of sp³-hybridized carbons (Fsp3) is 0.462. The van der Waals surface area contributed by atoms with Gasteiger partial charge in [0.05, 0.1) is 21.1 Å². The van der Waals surface area contributed by atoms with Gasteiger partial charge in [-0.15, -0.1) is 0 Å². The summed E-state index contributed by atoms with van der Waals surface area (Å²) in [6.45, 7) is 8.73. The highest BCUT2D eigenvalue weighted by molar-refractivity contribution is 7.71. The van der Waals surface area contributed by atoms with Gasteiger partial charge in [-0.1, -0.05) is 44.0 Å². The number of benzene rings is 1. The minimum Gasteiger partial charge on any atom is -0.331 e. The summed E-state index contributed by atoms with van der Waals surface area (Å²) in [5.41, 5.74) is 2.03. The summed E-state index contributed by atoms with van der Waals surface area (Å²) in [7, 11) is 0. The van der Waals surface area contributed by atoms with E-state index in [1.54, 1.807) is 0 Å². The van der Waals surface area contributed by atoms with Crippen LogP contribution < -0.4 is 0 Å². The zero-order chi connectivity index (χ0) is 13.7. The van der Waals surface area contributed by atoms with Gasteiger partial charge < -0.3 is 9.55 Å². The SMILES string of the molecule is CC(n1c(=S)[nH]c2cc(Cl)c(Cl)cc21)C(C)(C)C. The van der Waals surface area contributed by atoms with E-state index in [-0.39, 0.29) is 11.5 Å². The second kappa shape index (κ2) is 4.55. The van der Waals surface area contributed by atoms with E-state index >= 15 is 0 Å². The third-order valence-corrected chi connectivity index (χ3v) is 4.42. The molecule has 0 amide bonds. The Bertz CT molecular complexity index is 649. The Hall–Kier alpha value is -0.510. The Labute approximate surface area is 122 Å². The molecular weight excluding hydrogens is 287 g/mol. The molecule has 1 aromatic carbocycles. The van der Waals surface area contributed by atoms with Crippen molar-refractivity contribution in [3.8, 4) is 0 Å². The molecule has 0 bridgehead atoms. The summed E-state index contributed by atoms with van der Waals surface area (Å²) >= 11 is 17.5. The Morgan fingerprint density at radius 2 is 1.78 bits per heavy atom. The van der Waals surface area contributed by atoms with Crippen molar-refractivity contribution in [2.45, 2.75) is 33.7 Å². The van der Waals surface area contributed by atoms with E-state index in [4.69, 9.17) is 35.4 Å². The summed E-state index contributed by atoms with van der Waals surface area (Å²) in [6.07, 6.45) is 0. The number of halogens is 2. The van der Waals surface area contributed by atoms with Crippen LogP contribution in [0, 0.1) is 10.2 Å². The largest absolute Gasteiger partial charge is 0.331 e. The molecule has 5 heteroatoms. The van der Waals surface area contributed by atoms with Gasteiger partial charge in [-0.3, -0.25) is 0 Å². The number of nitrogens with zero attached hydrogens (tertiary/aromatic N) is 1. The first-order valence-electron chi connectivity index (χ1n) is 5.81. The Morgan fingerprint density at radius 1 is 1.22 bits per heavy atom. The van der Waals surface area contributed by atoms with Crippen LogP contribution in [0.1, 0.15) is 33.7 Å². The average Bonchev–Trinajstić information content (AvgIpc) is 2.52. The molecule has 0 saturated heterocycles. The number of hydrogen-bond acceptors (Lipinski definition) is 1. The first-order chi connectivity index (χ1) is 8.21. The normalized spacial score (nSPS) is 14.1. The highest BCUT2D eigenvalue weighted by atomic mass is 35.5. The lowest BCUT2D eigenvalue weighted by atomic mass is 9.88. The summed E-state index contributed by atoms with van der Waals surface area (Å²) in [5, 5.41) is 1.09. The minimum absolute atomic E-state index is 0.111. The monoisotopic (exact) mass is 302 g/mol. The summed E-state index contributed by atoms with van der Waals surface area (Å²) in [5.74, 6) is 0. The summed E-state index contributed by atoms with van der Waals surface area (Å²) in [4.78, 5) is 3.18. The lowest BCUT2D eigenvalue weighted by molar-refractivity contribution is 0.265. The molecule has 0 spiro atoms. The lowest BCUT2D eigenvalue weighted by Gasteiger charge is -2.29. The van der Waals surface area contributed by atoms with Crippen molar-refractivity contribution >= 4 is 46.5 Å². The Kier molecular flexibility index (Phi) is 3.52. The van der Waals surface area contributed by atoms with Crippen LogP contribution in [-0.2, 0) is 0 Å². The molecule has 18 heavy (non-hydrogen) atoms. The van der Waals surface area contributed by atoms with Gasteiger partial charge >= 0.3 is 0 Å². The number of aromatic amines is 1. The second-order valence-electron chi connectivity index (χ2n) is 5.63. The molecule has 1 heterocycles. The van der Waals surface area contributed by atoms with Gasteiger partial charge in [-0.2, -0.15) is 0 Å². The van der Waals surface area contributed by atoms with Gasteiger partial charge in [-0.25, -0.2) is 0 Å². The number of fused-ring (bicyclic) bond motifs is 1. The molecule has 1 unspecified atom stereocenters. The van der Waals surface area contributed by atoms with E-state index < -0.39 is 0 Å². The van der Waals surface area contributed by atoms with Crippen molar-refractivity contribution in [3.05, 3.63) is 26.9 Å². The van der Waals surface area contributed by atoms with Crippen LogP contribution >= 0.6 is 35.4 Å². The molecule has 1 atom stereocenters. The van der Waals surface area contributed by atoms with Crippen molar-refractivity contribution < 1.29 is 0 Å². The quantitative estimate of drug-likeness (QED) is 0.679. The molecule has 2 aromatic rings. The number of H-pyrrole nitrogens is 1. The van der Waals surface area contributed by atoms with Crippen LogP contribution in [0.15, 0.2) is 12.1 Å². The summed E-state index contributed by atoms with van der Waals surface area (Å²) in [6, 6.07) is 3.95. The maximum Gasteiger partial charge on any atom is 0.178 e. The van der Waals surface area contributed by atoms with Crippen molar-refractivity contribution in [3.63, 3.8) is 0 Å². The Morgan fingerprint density at radius 3 is 2.33 bits per heavy atom. The molecule has 0 fully saturated rings. The van der Waals surface area contributed by atoms with Crippen molar-refractivity contribution in [2.75, 3.05) is 0 Å². The molecule has 0 saturated carbocycles. The van der Waals surface area contributed by atoms with E-state index in [0.717, 1.165) is 11.0 Å². The Balaban J connectivity index is 2.75. The highest BCUT2D eigenvalue weighted by Crippen LogP contribution is 2.35. The minimum atomic E-state index is 0.111. The van der Waals surface area contributed by atoms with Crippen LogP contribution in [0.4, 0.5) is 0 Å². The van der Waals surface area contributed by atoms with E-state index in [1.165, 1.54) is 0 Å². The van der Waals surface area contributed by atoms with Gasteiger partial charge in [-0.05, 0) is 36.7 Å². The molecule has 1 N–H and O–H groups in total. The maximum absolute atomic E-state index is 6.09. The van der Waals surface area contributed by atoms with Crippen molar-refractivity contribution in [1.82, 2.24) is 9.55 Å². The molecule has 0 aliphatic heterocycles. The first kappa shape index (κ1) is 13.9. The molecule has 0 radical (unpaired) electrons. The predicted octanol–water partition coefficient (Wildman–Crippen LogP) is 5.61. The van der Waals surface area contributed by atoms with Gasteiger partial charge in [0, 0.05) is 6.04 Å². The number of nitrogens with one attached hydrogen (secondary N) is 1. The third-order valence-electron chi connectivity index (χ3n) is 3.40. The number of aromatic nitrogens is 2. The maximum atomic E-state index is 6.09. The van der Waals surface area contributed by atoms with Crippen LogP contribution in [0.3, 0.4) is 0 Å². The smallest absolute Gasteiger partial charge is 0.178 e. The lowest BCUT2D eigenvalue weighted by Crippen LogP contribution is -2.21. The summed E-state index contributed by atoms with van der Waals surface area (Å²) < 4.78 is 2.80. The molecule has 2 rings (SSSR count). The van der Waals surface area contributed by atoms with Crippen molar-refractivity contribution in [1.29, 1.82) is 0 Å². The average molecular weight is 303 g/mol. The first-order valence-corrected chi connectivity index (χ1v) is 6.97. The molecule has 0 aliphatic carbocycles. The number of rotatable bonds is 1. The van der Waals surface area contributed by atoms with Gasteiger partial charge in [0.25, 0.3) is 0 Å². The van der Waals surface area contributed by atoms with Crippen LogP contribution in [0.5, 0.6) is 0 Å². The van der Waals surface area contributed by atoms with Crippen LogP contribution in [-0.4, -0.2) is 9.55 Å². The van der Waals surface area contributed by atoms with Gasteiger partial charge in [0.1, 0.15) is 0 Å². The van der Waals surface area contributed by atoms with E-state index in [1.807, 2.05) is 12.1 Å². The van der Waals surface area contributed by atoms with Crippen LogP contribution in [0.25, 0.3) is 11.0 Å². The molecular formula is C13H16Cl2N2S. The van der Waals surface area contributed by atoms with Crippen LogP contribution in [0.2, 0.25) is 10.0 Å². The molecule has 1 aromatic heterocycles. The number of imidazole rings is 1. The fourth-order valence-electron chi connectivity index (χ4n) is 1.89. The molecule has 0 aliphatic rings. The second-order valence-corrected chi connectivity index (χ2v) is 6.83. The molecule has 98 valence electrons. The van der Waals surface area contributed by atoms with Gasteiger partial charge in [0.15, 0.2) is 4.77 Å². The van der Waals surface area contributed by atoms with E-state index in [9.17, 15) is 0 Å². The van der Waals surface area contributed by atoms with Gasteiger partial charge in [0.2, 0.25) is 0 Å². The molecule has 2 nitrogen and oxygen atoms in total. The zero-order valence-corrected chi connectivity index (χ0v) is 13.2. The zero-order valence-electron chi connectivity index (χ0n) is 10.8. The highest BCUT2D eigenvalue weighted by Gasteiger charge is 2.24. The predicted molar refractivity (Wildman–Crippen MR) is 81.3 cm³/mol. The standard InChI is InChI=1S/C13H16Cl2N2S/c1-7(13(2,3)4)17-11-6-9(15)8(14)5-10(11)16-12(17)18/h5-7H,1-4H3,(H,16,18). The van der Waals surface area contributed by atoms with Crippen molar-refractivity contribution in [2.24, 2.45) is 5.41 Å². The fourth-order valence-corrected chi connectivity index (χ4v) is 2.58.